The number of rotatable bonds is 3. The van der Waals surface area contributed by atoms with Crippen molar-refractivity contribution in [1.82, 2.24) is 0 Å². The van der Waals surface area contributed by atoms with Gasteiger partial charge in [0.05, 0.1) is 0 Å². The molecule has 0 aromatic carbocycles. The highest BCUT2D eigenvalue weighted by atomic mass is 32.2. The third-order valence-electron chi connectivity index (χ3n) is 2.97. The zero-order valence-corrected chi connectivity index (χ0v) is 11.6. The van der Waals surface area contributed by atoms with E-state index >= 15 is 0 Å². The van der Waals surface area contributed by atoms with Gasteiger partial charge in [-0.2, -0.15) is 0 Å². The lowest BCUT2D eigenvalue weighted by Crippen LogP contribution is -2.62. The summed E-state index contributed by atoms with van der Waals surface area (Å²) in [5, 5.41) is 0. The van der Waals surface area contributed by atoms with Gasteiger partial charge >= 0.3 is 0 Å². The third kappa shape index (κ3) is 2.59. The summed E-state index contributed by atoms with van der Waals surface area (Å²) in [5.74, 6) is 0.750. The Morgan fingerprint density at radius 1 is 1.18 bits per heavy atom. The van der Waals surface area contributed by atoms with E-state index in [0.717, 1.165) is 5.75 Å². The molecular weight excluding hydrogens is 264 g/mol. The molecule has 17 heavy (non-hydrogen) atoms. The minimum atomic E-state index is -0.443. The van der Waals surface area contributed by atoms with E-state index < -0.39 is 6.29 Å². The van der Waals surface area contributed by atoms with Crippen LogP contribution in [-0.2, 0) is 23.7 Å². The second kappa shape index (κ2) is 5.81. The van der Waals surface area contributed by atoms with Gasteiger partial charge in [0.2, 0.25) is 4.38 Å². The molecule has 5 nitrogen and oxygen atoms in total. The van der Waals surface area contributed by atoms with E-state index in [9.17, 15) is 0 Å². The summed E-state index contributed by atoms with van der Waals surface area (Å²) in [6.07, 6.45) is -1.33. The lowest BCUT2D eigenvalue weighted by atomic mass is 9.99. The molecule has 0 aromatic heterocycles. The molecular formula is C10H16O5S2. The molecule has 2 aliphatic rings. The Kier molecular flexibility index (Phi) is 4.62. The van der Waals surface area contributed by atoms with Crippen LogP contribution in [0.15, 0.2) is 0 Å². The van der Waals surface area contributed by atoms with Gasteiger partial charge in [0.1, 0.15) is 18.3 Å². The fourth-order valence-corrected chi connectivity index (χ4v) is 3.22. The lowest BCUT2D eigenvalue weighted by Gasteiger charge is -2.46. The summed E-state index contributed by atoms with van der Waals surface area (Å²) in [6, 6.07) is 0. The molecule has 0 aromatic rings. The van der Waals surface area contributed by atoms with Crippen LogP contribution in [0.4, 0.5) is 0 Å². The first kappa shape index (κ1) is 13.5. The SMILES string of the molecule is COC1OC2CSC(=S)OC2C(OC)C1OC. The molecule has 2 aliphatic heterocycles. The van der Waals surface area contributed by atoms with E-state index in [1.54, 1.807) is 21.3 Å². The van der Waals surface area contributed by atoms with E-state index in [2.05, 4.69) is 0 Å². The number of ether oxygens (including phenoxy) is 5. The van der Waals surface area contributed by atoms with Gasteiger partial charge in [0, 0.05) is 27.1 Å². The van der Waals surface area contributed by atoms with Crippen LogP contribution in [0.2, 0.25) is 0 Å². The van der Waals surface area contributed by atoms with Gasteiger partial charge in [-0.05, 0) is 12.2 Å². The molecule has 2 rings (SSSR count). The predicted octanol–water partition coefficient (Wildman–Crippen LogP) is 0.805. The van der Waals surface area contributed by atoms with Crippen molar-refractivity contribution in [3.8, 4) is 0 Å². The van der Waals surface area contributed by atoms with Crippen molar-refractivity contribution in [3.05, 3.63) is 0 Å². The van der Waals surface area contributed by atoms with Crippen molar-refractivity contribution in [2.45, 2.75) is 30.7 Å². The summed E-state index contributed by atoms with van der Waals surface area (Å²) >= 11 is 6.54. The molecule has 0 saturated carbocycles. The van der Waals surface area contributed by atoms with Gasteiger partial charge in [-0.25, -0.2) is 0 Å². The Morgan fingerprint density at radius 3 is 2.47 bits per heavy atom. The molecule has 2 fully saturated rings. The van der Waals surface area contributed by atoms with Gasteiger partial charge in [-0.15, -0.1) is 0 Å². The second-order valence-corrected chi connectivity index (χ2v) is 5.44. The van der Waals surface area contributed by atoms with Crippen molar-refractivity contribution in [3.63, 3.8) is 0 Å². The molecule has 0 N–H and O–H groups in total. The van der Waals surface area contributed by atoms with Crippen molar-refractivity contribution >= 4 is 28.4 Å². The number of methoxy groups -OCH3 is 3. The van der Waals surface area contributed by atoms with Crippen LogP contribution < -0.4 is 0 Å². The average Bonchev–Trinajstić information content (AvgIpc) is 2.36. The molecule has 5 atom stereocenters. The van der Waals surface area contributed by atoms with Gasteiger partial charge in [0.15, 0.2) is 12.4 Å². The average molecular weight is 280 g/mol. The number of fused-ring (bicyclic) bond motifs is 1. The minimum absolute atomic E-state index is 0.0898. The fourth-order valence-electron chi connectivity index (χ4n) is 2.16. The van der Waals surface area contributed by atoms with Crippen molar-refractivity contribution in [1.29, 1.82) is 0 Å². The van der Waals surface area contributed by atoms with Crippen molar-refractivity contribution < 1.29 is 23.7 Å². The first-order valence-corrected chi connectivity index (χ1v) is 6.68. The van der Waals surface area contributed by atoms with E-state index in [4.69, 9.17) is 35.9 Å². The Labute approximate surface area is 110 Å². The number of thioether (sulfide) groups is 1. The molecule has 2 saturated heterocycles. The molecule has 0 spiro atoms. The molecule has 0 bridgehead atoms. The Morgan fingerprint density at radius 2 is 1.88 bits per heavy atom. The van der Waals surface area contributed by atoms with Gasteiger partial charge < -0.3 is 23.7 Å². The van der Waals surface area contributed by atoms with Crippen LogP contribution in [0.3, 0.4) is 0 Å². The number of hydrogen-bond donors (Lipinski definition) is 0. The van der Waals surface area contributed by atoms with E-state index in [1.807, 2.05) is 0 Å². The molecule has 0 amide bonds. The molecule has 7 heteroatoms. The van der Waals surface area contributed by atoms with Crippen LogP contribution in [0, 0.1) is 0 Å². The zero-order valence-electron chi connectivity index (χ0n) is 9.95. The molecule has 98 valence electrons. The quantitative estimate of drug-likeness (QED) is 0.709. The molecule has 5 unspecified atom stereocenters. The summed E-state index contributed by atoms with van der Waals surface area (Å²) in [6.45, 7) is 0. The van der Waals surface area contributed by atoms with E-state index in [1.165, 1.54) is 11.8 Å². The monoisotopic (exact) mass is 280 g/mol. The second-order valence-electron chi connectivity index (χ2n) is 3.82. The maximum Gasteiger partial charge on any atom is 0.220 e. The number of hydrogen-bond acceptors (Lipinski definition) is 7. The summed E-state index contributed by atoms with van der Waals surface area (Å²) in [4.78, 5) is 0. The topological polar surface area (TPSA) is 46.2 Å². The highest BCUT2D eigenvalue weighted by molar-refractivity contribution is 8.22. The van der Waals surface area contributed by atoms with Crippen LogP contribution in [-0.4, -0.2) is 62.2 Å². The normalized spacial score (nSPS) is 41.8. The Bertz CT molecular complexity index is 288. The lowest BCUT2D eigenvalue weighted by molar-refractivity contribution is -0.292. The molecule has 2 heterocycles. The summed E-state index contributed by atoms with van der Waals surface area (Å²) in [7, 11) is 4.81. The first-order chi connectivity index (χ1) is 8.21. The van der Waals surface area contributed by atoms with Crippen LogP contribution in [0.5, 0.6) is 0 Å². The highest BCUT2D eigenvalue weighted by Gasteiger charge is 2.50. The highest BCUT2D eigenvalue weighted by Crippen LogP contribution is 2.33. The van der Waals surface area contributed by atoms with Crippen LogP contribution >= 0.6 is 24.0 Å². The fraction of sp³-hybridized carbons (Fsp3) is 0.900. The predicted molar refractivity (Wildman–Crippen MR) is 67.2 cm³/mol. The van der Waals surface area contributed by atoms with E-state index in [-0.39, 0.29) is 24.4 Å². The Balaban J connectivity index is 2.17. The maximum absolute atomic E-state index is 5.79. The first-order valence-electron chi connectivity index (χ1n) is 5.28. The number of thiocarbonyl (C=S) groups is 1. The smallest absolute Gasteiger partial charge is 0.220 e. The van der Waals surface area contributed by atoms with Gasteiger partial charge in [-0.3, -0.25) is 0 Å². The molecule has 0 radical (unpaired) electrons. The van der Waals surface area contributed by atoms with Crippen molar-refractivity contribution in [2.75, 3.05) is 27.1 Å². The third-order valence-corrected chi connectivity index (χ3v) is 4.24. The Hall–Kier alpha value is 0.0800. The van der Waals surface area contributed by atoms with Crippen LogP contribution in [0.1, 0.15) is 0 Å². The largest absolute Gasteiger partial charge is 0.470 e. The van der Waals surface area contributed by atoms with Gasteiger partial charge in [0.25, 0.3) is 0 Å². The summed E-state index contributed by atoms with van der Waals surface area (Å²) in [5.41, 5.74) is 0. The van der Waals surface area contributed by atoms with Gasteiger partial charge in [-0.1, -0.05) is 11.8 Å². The maximum atomic E-state index is 5.79. The van der Waals surface area contributed by atoms with Crippen molar-refractivity contribution in [2.24, 2.45) is 0 Å². The van der Waals surface area contributed by atoms with Crippen LogP contribution in [0.25, 0.3) is 0 Å². The standard InChI is InChI=1S/C10H16O5S2/c1-11-7-6-5(4-17-10(16)15-6)14-9(13-3)8(7)12-2/h5-9H,4H2,1-3H3. The minimum Gasteiger partial charge on any atom is -0.470 e. The molecule has 0 aliphatic carbocycles. The van der Waals surface area contributed by atoms with E-state index in [0.29, 0.717) is 4.38 Å². The summed E-state index contributed by atoms with van der Waals surface area (Å²) < 4.78 is 28.1. The zero-order chi connectivity index (χ0) is 12.4.